The zero-order valence-electron chi connectivity index (χ0n) is 9.51. The summed E-state index contributed by atoms with van der Waals surface area (Å²) in [7, 11) is -3.20. The van der Waals surface area contributed by atoms with E-state index in [0.29, 0.717) is 0 Å². The normalized spacial score (nSPS) is 11.1. The number of carboxylic acid groups (broad SMARTS) is 1. The first-order valence-corrected chi connectivity index (χ1v) is 6.75. The Balaban J connectivity index is 2.90. The van der Waals surface area contributed by atoms with Gasteiger partial charge in [0.2, 0.25) is 0 Å². The van der Waals surface area contributed by atoms with Crippen LogP contribution in [0.2, 0.25) is 0 Å². The molecule has 0 spiro atoms. The Kier molecular flexibility index (Phi) is 4.07. The van der Waals surface area contributed by atoms with E-state index < -0.39 is 15.8 Å². The molecule has 0 radical (unpaired) electrons. The van der Waals surface area contributed by atoms with Gasteiger partial charge in [-0.2, -0.15) is 0 Å². The maximum absolute atomic E-state index is 11.5. The van der Waals surface area contributed by atoms with Crippen molar-refractivity contribution in [1.29, 1.82) is 0 Å². The molecular weight excluding hydrogens is 240 g/mol. The highest BCUT2D eigenvalue weighted by Gasteiger charge is 2.11. The summed E-state index contributed by atoms with van der Waals surface area (Å²) in [6.07, 6.45) is 0.210. The Bertz CT molecular complexity index is 526. The van der Waals surface area contributed by atoms with Gasteiger partial charge in [0.1, 0.15) is 0 Å². The summed E-state index contributed by atoms with van der Waals surface area (Å²) in [6.45, 7) is 5.00. The van der Waals surface area contributed by atoms with Crippen molar-refractivity contribution in [2.45, 2.75) is 18.2 Å². The summed E-state index contributed by atoms with van der Waals surface area (Å²) in [5, 5.41) is 8.67. The number of benzene rings is 1. The van der Waals surface area contributed by atoms with Crippen molar-refractivity contribution in [3.63, 3.8) is 0 Å². The van der Waals surface area contributed by atoms with Gasteiger partial charge in [-0.15, -0.1) is 0 Å². The lowest BCUT2D eigenvalue weighted by molar-refractivity contribution is -0.132. The van der Waals surface area contributed by atoms with E-state index in [0.717, 1.165) is 5.56 Å². The molecule has 1 aromatic carbocycles. The predicted octanol–water partition coefficient (Wildman–Crippen LogP) is 1.66. The minimum absolute atomic E-state index is 0.0498. The monoisotopic (exact) mass is 254 g/mol. The van der Waals surface area contributed by atoms with Crippen LogP contribution >= 0.6 is 0 Å². The van der Waals surface area contributed by atoms with Gasteiger partial charge >= 0.3 is 5.97 Å². The molecule has 92 valence electrons. The van der Waals surface area contributed by atoms with Crippen LogP contribution in [0.1, 0.15) is 12.5 Å². The third-order valence-corrected chi connectivity index (χ3v) is 4.13. The Labute approximate surface area is 101 Å². The molecule has 0 saturated heterocycles. The first-order valence-electron chi connectivity index (χ1n) is 5.09. The van der Waals surface area contributed by atoms with E-state index in [9.17, 15) is 13.2 Å². The molecule has 0 aliphatic rings. The third kappa shape index (κ3) is 3.42. The number of carboxylic acids is 1. The number of sulfone groups is 1. The molecule has 0 amide bonds. The summed E-state index contributed by atoms with van der Waals surface area (Å²) in [6, 6.07) is 6.19. The van der Waals surface area contributed by atoms with Gasteiger partial charge in [-0.1, -0.05) is 25.6 Å². The lowest BCUT2D eigenvalue weighted by Crippen LogP contribution is -2.05. The minimum Gasteiger partial charge on any atom is -0.478 e. The van der Waals surface area contributed by atoms with Crippen LogP contribution in [0.5, 0.6) is 0 Å². The number of rotatable bonds is 5. The molecule has 4 nitrogen and oxygen atoms in total. The lowest BCUT2D eigenvalue weighted by Gasteiger charge is -2.04. The van der Waals surface area contributed by atoms with Gasteiger partial charge in [0.25, 0.3) is 0 Å². The molecule has 1 rings (SSSR count). The van der Waals surface area contributed by atoms with Crippen LogP contribution in [-0.4, -0.2) is 25.2 Å². The van der Waals surface area contributed by atoms with E-state index in [1.807, 2.05) is 0 Å². The Morgan fingerprint density at radius 2 is 1.82 bits per heavy atom. The summed E-state index contributed by atoms with van der Waals surface area (Å²) < 4.78 is 23.1. The number of carbonyl (C=O) groups is 1. The minimum atomic E-state index is -3.20. The quantitative estimate of drug-likeness (QED) is 0.811. The van der Waals surface area contributed by atoms with Crippen LogP contribution in [0.4, 0.5) is 0 Å². The fourth-order valence-electron chi connectivity index (χ4n) is 1.30. The van der Waals surface area contributed by atoms with Gasteiger partial charge in [0.05, 0.1) is 10.6 Å². The highest BCUT2D eigenvalue weighted by molar-refractivity contribution is 7.91. The summed E-state index contributed by atoms with van der Waals surface area (Å²) in [4.78, 5) is 10.8. The molecule has 0 unspecified atom stereocenters. The third-order valence-electron chi connectivity index (χ3n) is 2.38. The van der Waals surface area contributed by atoms with E-state index in [1.54, 1.807) is 19.1 Å². The van der Waals surface area contributed by atoms with Gasteiger partial charge in [-0.3, -0.25) is 0 Å². The number of aliphatic carboxylic acids is 1. The average molecular weight is 254 g/mol. The van der Waals surface area contributed by atoms with Crippen molar-refractivity contribution in [2.24, 2.45) is 0 Å². The van der Waals surface area contributed by atoms with Crippen molar-refractivity contribution in [2.75, 3.05) is 5.75 Å². The van der Waals surface area contributed by atoms with Crippen LogP contribution in [0, 0.1) is 0 Å². The average Bonchev–Trinajstić information content (AvgIpc) is 2.29. The molecular formula is C12H14O4S. The second kappa shape index (κ2) is 5.14. The fourth-order valence-corrected chi connectivity index (χ4v) is 2.19. The summed E-state index contributed by atoms with van der Waals surface area (Å²) in [5.74, 6) is -0.996. The van der Waals surface area contributed by atoms with Crippen molar-refractivity contribution >= 4 is 15.8 Å². The van der Waals surface area contributed by atoms with Crippen LogP contribution in [0.15, 0.2) is 41.3 Å². The molecule has 5 heteroatoms. The fraction of sp³-hybridized carbons (Fsp3) is 0.250. The van der Waals surface area contributed by atoms with E-state index in [1.165, 1.54) is 12.1 Å². The van der Waals surface area contributed by atoms with Crippen molar-refractivity contribution in [3.05, 3.63) is 42.0 Å². The summed E-state index contributed by atoms with van der Waals surface area (Å²) in [5.41, 5.74) is 0.809. The maximum atomic E-state index is 11.5. The zero-order valence-corrected chi connectivity index (χ0v) is 10.3. The molecule has 0 fully saturated rings. The first-order chi connectivity index (χ1) is 7.86. The SMILES string of the molecule is C=C(Cc1ccc(S(=O)(=O)CC)cc1)C(=O)O. The first kappa shape index (κ1) is 13.4. The molecule has 0 aromatic heterocycles. The van der Waals surface area contributed by atoms with E-state index in [-0.39, 0.29) is 22.6 Å². The Morgan fingerprint density at radius 1 is 1.29 bits per heavy atom. The van der Waals surface area contributed by atoms with Crippen molar-refractivity contribution < 1.29 is 18.3 Å². The summed E-state index contributed by atoms with van der Waals surface area (Å²) >= 11 is 0. The lowest BCUT2D eigenvalue weighted by atomic mass is 10.1. The van der Waals surface area contributed by atoms with Crippen LogP contribution in [-0.2, 0) is 21.1 Å². The molecule has 17 heavy (non-hydrogen) atoms. The number of hydrogen-bond donors (Lipinski definition) is 1. The van der Waals surface area contributed by atoms with Gasteiger partial charge < -0.3 is 5.11 Å². The highest BCUT2D eigenvalue weighted by atomic mass is 32.2. The van der Waals surface area contributed by atoms with Crippen LogP contribution in [0.25, 0.3) is 0 Å². The number of hydrogen-bond acceptors (Lipinski definition) is 3. The van der Waals surface area contributed by atoms with Crippen LogP contribution < -0.4 is 0 Å². The molecule has 1 aromatic rings. The topological polar surface area (TPSA) is 71.4 Å². The predicted molar refractivity (Wildman–Crippen MR) is 64.6 cm³/mol. The van der Waals surface area contributed by atoms with Gasteiger partial charge in [0.15, 0.2) is 9.84 Å². The van der Waals surface area contributed by atoms with Gasteiger partial charge in [0, 0.05) is 12.0 Å². The van der Waals surface area contributed by atoms with E-state index in [4.69, 9.17) is 5.11 Å². The van der Waals surface area contributed by atoms with Crippen molar-refractivity contribution in [3.8, 4) is 0 Å². The Hall–Kier alpha value is -1.62. The Morgan fingerprint density at radius 3 is 2.24 bits per heavy atom. The molecule has 0 atom stereocenters. The molecule has 1 N–H and O–H groups in total. The van der Waals surface area contributed by atoms with Gasteiger partial charge in [-0.05, 0) is 17.7 Å². The standard InChI is InChI=1S/C12H14O4S/c1-3-17(15,16)11-6-4-10(5-7-11)8-9(2)12(13)14/h4-7H,2-3,8H2,1H3,(H,13,14). The zero-order chi connectivity index (χ0) is 13.1. The van der Waals surface area contributed by atoms with Crippen LogP contribution in [0.3, 0.4) is 0 Å². The van der Waals surface area contributed by atoms with Gasteiger partial charge in [-0.25, -0.2) is 13.2 Å². The van der Waals surface area contributed by atoms with E-state index in [2.05, 4.69) is 6.58 Å². The molecule has 0 bridgehead atoms. The second-order valence-electron chi connectivity index (χ2n) is 3.63. The second-order valence-corrected chi connectivity index (χ2v) is 5.91. The van der Waals surface area contributed by atoms with E-state index >= 15 is 0 Å². The molecule has 0 heterocycles. The molecule has 0 saturated carbocycles. The largest absolute Gasteiger partial charge is 0.478 e. The molecule has 0 aliphatic carbocycles. The smallest absolute Gasteiger partial charge is 0.331 e. The highest BCUT2D eigenvalue weighted by Crippen LogP contribution is 2.14. The van der Waals surface area contributed by atoms with Crippen molar-refractivity contribution in [1.82, 2.24) is 0 Å². The molecule has 0 aliphatic heterocycles. The maximum Gasteiger partial charge on any atom is 0.331 e.